The molecule has 19 heavy (non-hydrogen) atoms. The molecule has 1 saturated heterocycles. The van der Waals surface area contributed by atoms with Crippen LogP contribution >= 0.6 is 12.2 Å². The molecule has 0 radical (unpaired) electrons. The molecule has 4 nitrogen and oxygen atoms in total. The van der Waals surface area contributed by atoms with Crippen molar-refractivity contribution in [2.45, 2.75) is 6.92 Å². The summed E-state index contributed by atoms with van der Waals surface area (Å²) in [5.74, 6) is 0.752. The summed E-state index contributed by atoms with van der Waals surface area (Å²) in [5, 5.41) is 0.515. The lowest BCUT2D eigenvalue weighted by atomic mass is 10.1. The third kappa shape index (κ3) is 2.33. The predicted octanol–water partition coefficient (Wildman–Crippen LogP) is 2.03. The summed E-state index contributed by atoms with van der Waals surface area (Å²) >= 11 is 5.17. The molecule has 100 valence electrons. The molecule has 1 aliphatic heterocycles. The van der Waals surface area contributed by atoms with Gasteiger partial charge in [0.2, 0.25) is 0 Å². The fraction of sp³-hybridized carbons (Fsp3) is 0.286. The minimum absolute atomic E-state index is 0.0824. The Morgan fingerprint density at radius 3 is 2.42 bits per heavy atom. The van der Waals surface area contributed by atoms with E-state index < -0.39 is 0 Å². The summed E-state index contributed by atoms with van der Waals surface area (Å²) in [6.07, 6.45) is 1.84. The first kappa shape index (κ1) is 13.5. The van der Waals surface area contributed by atoms with E-state index in [1.54, 1.807) is 26.1 Å². The number of thiocarbonyl (C=S) groups is 1. The van der Waals surface area contributed by atoms with Gasteiger partial charge in [-0.05, 0) is 48.5 Å². The first-order chi connectivity index (χ1) is 8.95. The maximum absolute atomic E-state index is 12.0. The van der Waals surface area contributed by atoms with Gasteiger partial charge in [-0.25, -0.2) is 0 Å². The second-order valence-corrected chi connectivity index (χ2v) is 4.83. The maximum atomic E-state index is 12.0. The van der Waals surface area contributed by atoms with Crippen LogP contribution in [0.5, 0.6) is 5.75 Å². The van der Waals surface area contributed by atoms with Crippen molar-refractivity contribution in [2.75, 3.05) is 21.2 Å². The van der Waals surface area contributed by atoms with Crippen molar-refractivity contribution in [3.05, 3.63) is 35.0 Å². The number of nitrogens with zero attached hydrogens (tertiary/aromatic N) is 2. The Morgan fingerprint density at radius 2 is 1.95 bits per heavy atom. The highest BCUT2D eigenvalue weighted by atomic mass is 32.1. The van der Waals surface area contributed by atoms with Gasteiger partial charge in [-0.1, -0.05) is 6.07 Å². The molecule has 0 unspecified atom stereocenters. The summed E-state index contributed by atoms with van der Waals surface area (Å²) in [6.45, 7) is 1.97. The predicted molar refractivity (Wildman–Crippen MR) is 78.8 cm³/mol. The Labute approximate surface area is 118 Å². The fourth-order valence-electron chi connectivity index (χ4n) is 2.04. The van der Waals surface area contributed by atoms with E-state index in [-0.39, 0.29) is 5.91 Å². The molecule has 0 spiro atoms. The van der Waals surface area contributed by atoms with Crippen LogP contribution in [0.25, 0.3) is 6.08 Å². The van der Waals surface area contributed by atoms with Crippen LogP contribution in [0.2, 0.25) is 0 Å². The number of carbonyl (C=O) groups is 1. The molecule has 1 aromatic carbocycles. The Morgan fingerprint density at radius 1 is 1.26 bits per heavy atom. The van der Waals surface area contributed by atoms with Gasteiger partial charge in [-0.2, -0.15) is 0 Å². The van der Waals surface area contributed by atoms with Crippen LogP contribution < -0.4 is 4.74 Å². The van der Waals surface area contributed by atoms with E-state index in [0.29, 0.717) is 10.8 Å². The number of carbonyl (C=O) groups excluding carboxylic acids is 1. The first-order valence-corrected chi connectivity index (χ1v) is 6.28. The highest BCUT2D eigenvalue weighted by Gasteiger charge is 2.32. The Balaban J connectivity index is 2.39. The summed E-state index contributed by atoms with van der Waals surface area (Å²) < 4.78 is 5.22. The van der Waals surface area contributed by atoms with Gasteiger partial charge in [0.15, 0.2) is 5.11 Å². The number of hydrogen-bond acceptors (Lipinski definition) is 3. The molecular formula is C14H16N2O2S. The van der Waals surface area contributed by atoms with Crippen molar-refractivity contribution >= 4 is 29.3 Å². The molecule has 0 aromatic heterocycles. The molecule has 0 N–H and O–H groups in total. The van der Waals surface area contributed by atoms with Gasteiger partial charge in [0.25, 0.3) is 5.91 Å². The van der Waals surface area contributed by atoms with Crippen molar-refractivity contribution in [1.29, 1.82) is 0 Å². The number of benzene rings is 1. The van der Waals surface area contributed by atoms with Crippen molar-refractivity contribution < 1.29 is 9.53 Å². The number of aryl methyl sites for hydroxylation is 1. The van der Waals surface area contributed by atoms with Gasteiger partial charge in [0, 0.05) is 14.1 Å². The quantitative estimate of drug-likeness (QED) is 0.611. The average molecular weight is 276 g/mol. The van der Waals surface area contributed by atoms with Gasteiger partial charge < -0.3 is 9.64 Å². The molecule has 0 atom stereocenters. The lowest BCUT2D eigenvalue weighted by Crippen LogP contribution is -2.26. The second kappa shape index (κ2) is 5.01. The van der Waals surface area contributed by atoms with Gasteiger partial charge in [-0.3, -0.25) is 9.69 Å². The topological polar surface area (TPSA) is 32.8 Å². The number of ether oxygens (including phenoxy) is 1. The van der Waals surface area contributed by atoms with Crippen LogP contribution in [-0.2, 0) is 4.79 Å². The largest absolute Gasteiger partial charge is 0.496 e. The molecule has 1 fully saturated rings. The monoisotopic (exact) mass is 276 g/mol. The van der Waals surface area contributed by atoms with Crippen LogP contribution in [0.1, 0.15) is 11.1 Å². The van der Waals surface area contributed by atoms with E-state index in [9.17, 15) is 4.79 Å². The van der Waals surface area contributed by atoms with Crippen LogP contribution in [0, 0.1) is 6.92 Å². The number of rotatable bonds is 2. The number of likely N-dealkylation sites (N-methyl/N-ethyl adjacent to an activating group) is 2. The number of methoxy groups -OCH3 is 1. The van der Waals surface area contributed by atoms with Crippen LogP contribution in [0.3, 0.4) is 0 Å². The molecule has 2 rings (SSSR count). The molecule has 5 heteroatoms. The van der Waals surface area contributed by atoms with E-state index in [2.05, 4.69) is 0 Å². The molecule has 1 amide bonds. The van der Waals surface area contributed by atoms with Gasteiger partial charge in [0.05, 0.1) is 7.11 Å². The summed E-state index contributed by atoms with van der Waals surface area (Å²) in [5.41, 5.74) is 2.56. The van der Waals surface area contributed by atoms with Crippen LogP contribution in [-0.4, -0.2) is 42.0 Å². The van der Waals surface area contributed by atoms with E-state index in [4.69, 9.17) is 17.0 Å². The Bertz CT molecular complexity index is 581. The molecule has 1 aromatic rings. The normalized spacial score (nSPS) is 17.6. The zero-order chi connectivity index (χ0) is 14.2. The van der Waals surface area contributed by atoms with Gasteiger partial charge >= 0.3 is 0 Å². The van der Waals surface area contributed by atoms with Gasteiger partial charge in [0.1, 0.15) is 11.4 Å². The van der Waals surface area contributed by atoms with E-state index >= 15 is 0 Å². The van der Waals surface area contributed by atoms with Crippen LogP contribution in [0.15, 0.2) is 23.9 Å². The minimum Gasteiger partial charge on any atom is -0.496 e. The Hall–Kier alpha value is -1.88. The molecule has 0 bridgehead atoms. The molecule has 0 aliphatic carbocycles. The maximum Gasteiger partial charge on any atom is 0.276 e. The van der Waals surface area contributed by atoms with E-state index in [0.717, 1.165) is 16.9 Å². The summed E-state index contributed by atoms with van der Waals surface area (Å²) in [4.78, 5) is 15.2. The van der Waals surface area contributed by atoms with Crippen molar-refractivity contribution in [1.82, 2.24) is 9.80 Å². The number of hydrogen-bond donors (Lipinski definition) is 0. The highest BCUT2D eigenvalue weighted by Crippen LogP contribution is 2.23. The third-order valence-electron chi connectivity index (χ3n) is 3.18. The standard InChI is InChI=1S/C14H16N2O2S/c1-9-7-10(5-6-12(9)18-4)8-11-13(17)16(3)14(19)15(11)2/h5-8H,1-4H3/b11-8-. The zero-order valence-electron chi connectivity index (χ0n) is 11.4. The zero-order valence-corrected chi connectivity index (χ0v) is 12.2. The van der Waals surface area contributed by atoms with Gasteiger partial charge in [-0.15, -0.1) is 0 Å². The minimum atomic E-state index is -0.0824. The van der Waals surface area contributed by atoms with Crippen molar-refractivity contribution in [3.8, 4) is 5.75 Å². The lowest BCUT2D eigenvalue weighted by molar-refractivity contribution is -0.121. The van der Waals surface area contributed by atoms with E-state index in [1.807, 2.05) is 31.2 Å². The Kier molecular flexibility index (Phi) is 3.57. The summed E-state index contributed by atoms with van der Waals surface area (Å²) in [6, 6.07) is 5.79. The number of amides is 1. The molecule has 1 heterocycles. The molecular weight excluding hydrogens is 260 g/mol. The molecule has 0 saturated carbocycles. The van der Waals surface area contributed by atoms with E-state index in [1.165, 1.54) is 4.90 Å². The lowest BCUT2D eigenvalue weighted by Gasteiger charge is -2.11. The highest BCUT2D eigenvalue weighted by molar-refractivity contribution is 7.80. The fourth-order valence-corrected chi connectivity index (χ4v) is 2.22. The second-order valence-electron chi connectivity index (χ2n) is 4.46. The third-order valence-corrected chi connectivity index (χ3v) is 3.73. The smallest absolute Gasteiger partial charge is 0.276 e. The first-order valence-electron chi connectivity index (χ1n) is 5.87. The SMILES string of the molecule is COc1ccc(/C=C2/C(=O)N(C)C(=S)N2C)cc1C. The van der Waals surface area contributed by atoms with Crippen molar-refractivity contribution in [2.24, 2.45) is 0 Å². The molecule has 1 aliphatic rings. The summed E-state index contributed by atoms with van der Waals surface area (Å²) in [7, 11) is 5.12. The van der Waals surface area contributed by atoms with Crippen molar-refractivity contribution in [3.63, 3.8) is 0 Å². The average Bonchev–Trinajstić information content (AvgIpc) is 2.57. The van der Waals surface area contributed by atoms with Crippen LogP contribution in [0.4, 0.5) is 0 Å².